The average Bonchev–Trinajstić information content (AvgIpc) is 4.04. The molecule has 8 nitrogen and oxygen atoms in total. The summed E-state index contributed by atoms with van der Waals surface area (Å²) in [5.74, 6) is 3.49. The van der Waals surface area contributed by atoms with Gasteiger partial charge >= 0.3 is 0 Å². The van der Waals surface area contributed by atoms with Crippen LogP contribution in [0.1, 0.15) is 25.0 Å². The number of rotatable bonds is 7. The third kappa shape index (κ3) is 6.38. The molecular weight excluding hydrogens is 869 g/mol. The molecule has 0 amide bonds. The molecule has 1 aliphatic carbocycles. The molecule has 71 heavy (non-hydrogen) atoms. The van der Waals surface area contributed by atoms with Crippen LogP contribution in [-0.4, -0.2) is 39.0 Å². The standard InChI is InChI=1S/C63H42N8/c1-63(2)50-30-16-12-26-43(50)49-38-42(34-37-51(49)63)60-65-59(41-24-10-5-11-25-41)68-62(69-60)71-53-32-18-14-28-45(53)47-36-35-46-44-27-13-17-31-52(44)70(55(46)56(47)71)54-33-19-15-29-48(54)61-66-57(39-20-6-3-7-21-39)64-58(67-61)40-22-8-4-9-23-40/h3-38H,1-2H3. The summed E-state index contributed by atoms with van der Waals surface area (Å²) in [6.45, 7) is 4.61. The number of hydrogen-bond donors (Lipinski definition) is 0. The molecule has 0 bridgehead atoms. The molecular formula is C63H42N8. The number of benzene rings is 9. The van der Waals surface area contributed by atoms with E-state index in [1.165, 1.54) is 22.3 Å². The van der Waals surface area contributed by atoms with Gasteiger partial charge in [0.1, 0.15) is 0 Å². The van der Waals surface area contributed by atoms with Crippen LogP contribution >= 0.6 is 0 Å². The van der Waals surface area contributed by atoms with E-state index < -0.39 is 0 Å². The van der Waals surface area contributed by atoms with E-state index in [1.807, 2.05) is 78.9 Å². The number of nitrogens with zero attached hydrogens (tertiary/aromatic N) is 8. The van der Waals surface area contributed by atoms with Crippen molar-refractivity contribution in [2.45, 2.75) is 19.3 Å². The van der Waals surface area contributed by atoms with Gasteiger partial charge in [-0.1, -0.05) is 202 Å². The van der Waals surface area contributed by atoms with Gasteiger partial charge in [-0.05, 0) is 52.6 Å². The second-order valence-electron chi connectivity index (χ2n) is 18.7. The Balaban J connectivity index is 1.06. The fourth-order valence-electron chi connectivity index (χ4n) is 10.9. The van der Waals surface area contributed by atoms with Crippen molar-refractivity contribution >= 4 is 43.6 Å². The Morgan fingerprint density at radius 2 is 0.746 bits per heavy atom. The summed E-state index contributed by atoms with van der Waals surface area (Å²) in [5.41, 5.74) is 14.4. The molecule has 1 aliphatic rings. The summed E-state index contributed by atoms with van der Waals surface area (Å²) in [6.07, 6.45) is 0. The molecule has 0 radical (unpaired) electrons. The van der Waals surface area contributed by atoms with Crippen LogP contribution in [0.2, 0.25) is 0 Å². The van der Waals surface area contributed by atoms with E-state index in [2.05, 4.69) is 163 Å². The molecule has 13 aromatic rings. The van der Waals surface area contributed by atoms with Gasteiger partial charge in [-0.2, -0.15) is 9.97 Å². The fraction of sp³-hybridized carbons (Fsp3) is 0.0476. The van der Waals surface area contributed by atoms with E-state index in [0.29, 0.717) is 35.1 Å². The number of hydrogen-bond acceptors (Lipinski definition) is 6. The van der Waals surface area contributed by atoms with E-state index in [-0.39, 0.29) is 5.41 Å². The topological polar surface area (TPSA) is 87.2 Å². The summed E-state index contributed by atoms with van der Waals surface area (Å²) < 4.78 is 4.63. The lowest BCUT2D eigenvalue weighted by atomic mass is 9.82. The molecule has 0 saturated carbocycles. The molecule has 0 fully saturated rings. The van der Waals surface area contributed by atoms with Crippen molar-refractivity contribution < 1.29 is 0 Å². The van der Waals surface area contributed by atoms with Crippen molar-refractivity contribution in [2.75, 3.05) is 0 Å². The van der Waals surface area contributed by atoms with Gasteiger partial charge in [-0.25, -0.2) is 19.9 Å². The lowest BCUT2D eigenvalue weighted by Crippen LogP contribution is -2.14. The van der Waals surface area contributed by atoms with Crippen molar-refractivity contribution in [1.82, 2.24) is 39.0 Å². The zero-order valence-electron chi connectivity index (χ0n) is 38.9. The minimum absolute atomic E-state index is 0.132. The normalized spacial score (nSPS) is 12.8. The third-order valence-corrected chi connectivity index (χ3v) is 14.3. The smallest absolute Gasteiger partial charge is 0.238 e. The quantitative estimate of drug-likeness (QED) is 0.158. The molecule has 0 unspecified atom stereocenters. The highest BCUT2D eigenvalue weighted by atomic mass is 15.2. The van der Waals surface area contributed by atoms with Crippen molar-refractivity contribution in [2.24, 2.45) is 0 Å². The van der Waals surface area contributed by atoms with Gasteiger partial charge in [-0.3, -0.25) is 4.57 Å². The first-order valence-corrected chi connectivity index (χ1v) is 24.0. The van der Waals surface area contributed by atoms with Gasteiger partial charge in [0.15, 0.2) is 29.1 Å². The van der Waals surface area contributed by atoms with Gasteiger partial charge in [-0.15, -0.1) is 0 Å². The minimum Gasteiger partial charge on any atom is -0.306 e. The van der Waals surface area contributed by atoms with E-state index in [1.54, 1.807) is 0 Å². The maximum absolute atomic E-state index is 5.50. The molecule has 14 rings (SSSR count). The van der Waals surface area contributed by atoms with Crippen molar-refractivity contribution in [3.63, 3.8) is 0 Å². The van der Waals surface area contributed by atoms with Crippen LogP contribution < -0.4 is 0 Å². The Bertz CT molecular complexity index is 4190. The van der Waals surface area contributed by atoms with Crippen LogP contribution in [0.3, 0.4) is 0 Å². The first kappa shape index (κ1) is 40.6. The Hall–Kier alpha value is -9.40. The van der Waals surface area contributed by atoms with Crippen LogP contribution in [0.5, 0.6) is 0 Å². The first-order valence-electron chi connectivity index (χ1n) is 24.0. The van der Waals surface area contributed by atoms with E-state index in [0.717, 1.165) is 77.1 Å². The Morgan fingerprint density at radius 3 is 1.35 bits per heavy atom. The summed E-state index contributed by atoms with van der Waals surface area (Å²) in [4.78, 5) is 31.7. The monoisotopic (exact) mass is 910 g/mol. The maximum atomic E-state index is 5.50. The largest absolute Gasteiger partial charge is 0.306 e. The van der Waals surface area contributed by atoms with E-state index >= 15 is 0 Å². The molecule has 4 aromatic heterocycles. The van der Waals surface area contributed by atoms with Gasteiger partial charge in [0, 0.05) is 54.8 Å². The summed E-state index contributed by atoms with van der Waals surface area (Å²) in [7, 11) is 0. The number of para-hydroxylation sites is 3. The SMILES string of the molecule is CC1(C)c2ccccc2-c2cc(-c3nc(-c4ccccc4)nc(-n4c5ccccc5c5ccc6c7ccccc7n(-c7ccccc7-c7nc(-c8ccccc8)nc(-c8ccccc8)n7)c6c54)n3)ccc21. The maximum Gasteiger partial charge on any atom is 0.238 e. The highest BCUT2D eigenvalue weighted by Gasteiger charge is 2.35. The van der Waals surface area contributed by atoms with Crippen LogP contribution in [-0.2, 0) is 5.41 Å². The Kier molecular flexibility index (Phi) is 9.06. The predicted molar refractivity (Wildman–Crippen MR) is 287 cm³/mol. The van der Waals surface area contributed by atoms with Gasteiger partial charge in [0.2, 0.25) is 5.95 Å². The van der Waals surface area contributed by atoms with Gasteiger partial charge in [0.25, 0.3) is 0 Å². The Morgan fingerprint density at radius 1 is 0.310 bits per heavy atom. The lowest BCUT2D eigenvalue weighted by Gasteiger charge is -2.21. The third-order valence-electron chi connectivity index (χ3n) is 14.3. The van der Waals surface area contributed by atoms with Crippen molar-refractivity contribution in [1.29, 1.82) is 0 Å². The molecule has 9 aromatic carbocycles. The summed E-state index contributed by atoms with van der Waals surface area (Å²) >= 11 is 0. The minimum atomic E-state index is -0.132. The summed E-state index contributed by atoms with van der Waals surface area (Å²) in [6, 6.07) is 76.1. The number of aromatic nitrogens is 8. The number of fused-ring (bicyclic) bond motifs is 10. The van der Waals surface area contributed by atoms with E-state index in [9.17, 15) is 0 Å². The lowest BCUT2D eigenvalue weighted by molar-refractivity contribution is 0.660. The van der Waals surface area contributed by atoms with Crippen LogP contribution in [0, 0.1) is 0 Å². The molecule has 0 atom stereocenters. The second kappa shape index (κ2) is 15.8. The zero-order valence-corrected chi connectivity index (χ0v) is 38.9. The second-order valence-corrected chi connectivity index (χ2v) is 18.7. The predicted octanol–water partition coefficient (Wildman–Crippen LogP) is 14.9. The molecule has 8 heteroatoms. The van der Waals surface area contributed by atoms with Crippen LogP contribution in [0.4, 0.5) is 0 Å². The average molecular weight is 911 g/mol. The van der Waals surface area contributed by atoms with Gasteiger partial charge < -0.3 is 4.57 Å². The van der Waals surface area contributed by atoms with Crippen LogP contribution in [0.15, 0.2) is 218 Å². The first-order chi connectivity index (χ1) is 35.0. The van der Waals surface area contributed by atoms with Crippen molar-refractivity contribution in [3.8, 4) is 79.7 Å². The van der Waals surface area contributed by atoms with E-state index in [4.69, 9.17) is 29.9 Å². The highest BCUT2D eigenvalue weighted by Crippen LogP contribution is 2.50. The van der Waals surface area contributed by atoms with Crippen molar-refractivity contribution in [3.05, 3.63) is 230 Å². The molecule has 334 valence electrons. The summed E-state index contributed by atoms with van der Waals surface area (Å²) in [5, 5.41) is 4.37. The molecule has 0 saturated heterocycles. The highest BCUT2D eigenvalue weighted by molar-refractivity contribution is 6.24. The Labute approximate surface area is 409 Å². The van der Waals surface area contributed by atoms with Gasteiger partial charge in [0.05, 0.1) is 27.8 Å². The molecule has 4 heterocycles. The molecule has 0 aliphatic heterocycles. The molecule has 0 N–H and O–H groups in total. The fourth-order valence-corrected chi connectivity index (χ4v) is 10.9. The molecule has 0 spiro atoms. The zero-order chi connectivity index (χ0) is 47.2. The van der Waals surface area contributed by atoms with Crippen LogP contribution in [0.25, 0.3) is 123 Å².